The molecule has 0 aromatic rings. The van der Waals surface area contributed by atoms with Crippen molar-refractivity contribution in [1.82, 2.24) is 0 Å². The highest BCUT2D eigenvalue weighted by Gasteiger charge is 2.53. The summed E-state index contributed by atoms with van der Waals surface area (Å²) in [6.07, 6.45) is 12.2. The van der Waals surface area contributed by atoms with E-state index in [0.717, 1.165) is 51.4 Å². The molecule has 0 bridgehead atoms. The maximum absolute atomic E-state index is 12.5. The van der Waals surface area contributed by atoms with Crippen molar-refractivity contribution in [3.8, 4) is 0 Å². The number of rotatable bonds is 0. The first-order valence-corrected chi connectivity index (χ1v) is 10.7. The molecule has 0 radical (unpaired) electrons. The molecule has 0 aromatic carbocycles. The molecule has 5 aliphatic rings. The molecule has 5 rings (SSSR count). The van der Waals surface area contributed by atoms with E-state index in [2.05, 4.69) is 26.8 Å². The van der Waals surface area contributed by atoms with E-state index in [1.807, 2.05) is 0 Å². The summed E-state index contributed by atoms with van der Waals surface area (Å²) >= 11 is 0. The van der Waals surface area contributed by atoms with Crippen molar-refractivity contribution < 1.29 is 14.3 Å². The lowest BCUT2D eigenvalue weighted by atomic mass is 9.58. The van der Waals surface area contributed by atoms with Gasteiger partial charge in [-0.25, -0.2) is 0 Å². The summed E-state index contributed by atoms with van der Waals surface area (Å²) in [5, 5.41) is 0. The highest BCUT2D eigenvalue weighted by Crippen LogP contribution is 2.58. The maximum atomic E-state index is 12.5. The molecule has 0 amide bonds. The fraction of sp³-hybridized carbons (Fsp3) is 0.783. The third kappa shape index (κ3) is 2.43. The van der Waals surface area contributed by atoms with Gasteiger partial charge in [-0.15, -0.1) is 0 Å². The Morgan fingerprint density at radius 3 is 2.62 bits per heavy atom. The van der Waals surface area contributed by atoms with Gasteiger partial charge in [-0.2, -0.15) is 0 Å². The van der Waals surface area contributed by atoms with Crippen molar-refractivity contribution in [3.63, 3.8) is 0 Å². The van der Waals surface area contributed by atoms with Gasteiger partial charge >= 0.3 is 0 Å². The minimum Gasteiger partial charge on any atom is -0.347 e. The van der Waals surface area contributed by atoms with Gasteiger partial charge in [0.05, 0.1) is 12.2 Å². The summed E-state index contributed by atoms with van der Waals surface area (Å²) < 4.78 is 12.7. The Bertz CT molecular complexity index is 692. The van der Waals surface area contributed by atoms with Crippen LogP contribution in [0.4, 0.5) is 0 Å². The van der Waals surface area contributed by atoms with Crippen molar-refractivity contribution in [2.45, 2.75) is 96.6 Å². The topological polar surface area (TPSA) is 35.5 Å². The molecular weight excluding hydrogens is 324 g/mol. The summed E-state index contributed by atoms with van der Waals surface area (Å²) in [6.45, 7) is 6.60. The largest absolute Gasteiger partial charge is 0.347 e. The molecular formula is C23H32O3. The fourth-order valence-electron chi connectivity index (χ4n) is 6.86. The number of hydrogen-bond acceptors (Lipinski definition) is 3. The first kappa shape index (κ1) is 17.2. The van der Waals surface area contributed by atoms with Crippen molar-refractivity contribution in [3.05, 3.63) is 22.8 Å². The third-order valence-corrected chi connectivity index (χ3v) is 8.04. The van der Waals surface area contributed by atoms with Crippen LogP contribution in [0.2, 0.25) is 0 Å². The van der Waals surface area contributed by atoms with Gasteiger partial charge in [0.15, 0.2) is 5.79 Å². The number of allylic oxidation sites excluding steroid dienone is 3. The smallest absolute Gasteiger partial charge is 0.172 e. The van der Waals surface area contributed by atoms with Gasteiger partial charge in [0.25, 0.3) is 0 Å². The molecule has 0 N–H and O–H groups in total. The third-order valence-electron chi connectivity index (χ3n) is 8.04. The number of fused-ring (bicyclic) bond motifs is 4. The molecule has 4 aliphatic carbocycles. The van der Waals surface area contributed by atoms with Crippen LogP contribution in [0.25, 0.3) is 0 Å². The molecule has 26 heavy (non-hydrogen) atoms. The molecule has 1 saturated heterocycles. The fourth-order valence-corrected chi connectivity index (χ4v) is 6.86. The van der Waals surface area contributed by atoms with Crippen molar-refractivity contribution in [2.75, 3.05) is 0 Å². The zero-order chi connectivity index (χ0) is 18.1. The number of ether oxygens (including phenoxy) is 2. The SMILES string of the molecule is CC1CC(C)OC2(CCC3=C(CCC4C3=CC[C@]3(C)C(=O)CCC43)C2)O1. The van der Waals surface area contributed by atoms with Crippen LogP contribution >= 0.6 is 0 Å². The Morgan fingerprint density at radius 1 is 1.08 bits per heavy atom. The molecule has 1 aliphatic heterocycles. The van der Waals surface area contributed by atoms with E-state index in [0.29, 0.717) is 17.6 Å². The molecule has 1 heterocycles. The summed E-state index contributed by atoms with van der Waals surface area (Å²) in [7, 11) is 0. The van der Waals surface area contributed by atoms with Gasteiger partial charge < -0.3 is 9.47 Å². The van der Waals surface area contributed by atoms with Crippen LogP contribution in [-0.4, -0.2) is 23.8 Å². The van der Waals surface area contributed by atoms with Crippen LogP contribution in [0.5, 0.6) is 0 Å². The highest BCUT2D eigenvalue weighted by atomic mass is 16.7. The molecule has 3 heteroatoms. The minimum atomic E-state index is -0.379. The molecule has 5 atom stereocenters. The van der Waals surface area contributed by atoms with E-state index in [-0.39, 0.29) is 23.4 Å². The normalized spacial score (nSPS) is 48.1. The Labute approximate surface area is 157 Å². The molecule has 1 saturated carbocycles. The van der Waals surface area contributed by atoms with Gasteiger partial charge in [0.2, 0.25) is 0 Å². The number of ketones is 1. The Kier molecular flexibility index (Phi) is 3.82. The summed E-state index contributed by atoms with van der Waals surface area (Å²) in [6, 6.07) is 0. The second-order valence-corrected chi connectivity index (χ2v) is 9.76. The number of Topliss-reactive ketones (excluding diaryl/α,β-unsaturated/α-hetero) is 1. The lowest BCUT2D eigenvalue weighted by Gasteiger charge is -2.50. The van der Waals surface area contributed by atoms with Crippen LogP contribution in [0, 0.1) is 17.3 Å². The van der Waals surface area contributed by atoms with Crippen LogP contribution < -0.4 is 0 Å². The van der Waals surface area contributed by atoms with Crippen molar-refractivity contribution in [2.24, 2.45) is 17.3 Å². The van der Waals surface area contributed by atoms with E-state index in [1.165, 1.54) is 6.42 Å². The van der Waals surface area contributed by atoms with Crippen LogP contribution in [0.1, 0.15) is 78.6 Å². The zero-order valence-corrected chi connectivity index (χ0v) is 16.5. The first-order chi connectivity index (χ1) is 12.4. The minimum absolute atomic E-state index is 0.0808. The molecule has 0 aromatic heterocycles. The monoisotopic (exact) mass is 356 g/mol. The average Bonchev–Trinajstić information content (AvgIpc) is 2.88. The van der Waals surface area contributed by atoms with Crippen LogP contribution in [-0.2, 0) is 14.3 Å². The molecule has 1 spiro atoms. The van der Waals surface area contributed by atoms with Crippen LogP contribution in [0.3, 0.4) is 0 Å². The quantitative estimate of drug-likeness (QED) is 0.605. The second kappa shape index (κ2) is 5.78. The maximum Gasteiger partial charge on any atom is 0.172 e. The summed E-state index contributed by atoms with van der Waals surface area (Å²) in [5.74, 6) is 1.31. The molecule has 142 valence electrons. The number of carbonyl (C=O) groups is 1. The van der Waals surface area contributed by atoms with Crippen molar-refractivity contribution >= 4 is 5.78 Å². The Hall–Kier alpha value is -0.930. The van der Waals surface area contributed by atoms with E-state index >= 15 is 0 Å². The standard InChI is InChI=1S/C23H32O3/c1-14-12-15(2)26-23(25-14)11-9-17-16(13-23)4-5-19-18(17)8-10-22(3)20(19)6-7-21(22)24/h8,14-15,19-20H,4-7,9-13H2,1-3H3/t14?,15?,19?,20?,22-,23?/m0/s1. The second-order valence-electron chi connectivity index (χ2n) is 9.76. The van der Waals surface area contributed by atoms with Gasteiger partial charge in [-0.05, 0) is 75.4 Å². The number of hydrogen-bond donors (Lipinski definition) is 0. The van der Waals surface area contributed by atoms with Gasteiger partial charge in [0.1, 0.15) is 5.78 Å². The molecule has 3 nitrogen and oxygen atoms in total. The first-order valence-electron chi connectivity index (χ1n) is 10.7. The predicted molar refractivity (Wildman–Crippen MR) is 101 cm³/mol. The van der Waals surface area contributed by atoms with Gasteiger partial charge in [-0.3, -0.25) is 4.79 Å². The molecule has 2 fully saturated rings. The lowest BCUT2D eigenvalue weighted by molar-refractivity contribution is -0.315. The molecule has 4 unspecified atom stereocenters. The highest BCUT2D eigenvalue weighted by molar-refractivity contribution is 5.87. The van der Waals surface area contributed by atoms with Gasteiger partial charge in [0, 0.05) is 24.7 Å². The predicted octanol–water partition coefficient (Wildman–Crippen LogP) is 5.10. The van der Waals surface area contributed by atoms with E-state index in [4.69, 9.17) is 9.47 Å². The van der Waals surface area contributed by atoms with E-state index < -0.39 is 0 Å². The van der Waals surface area contributed by atoms with E-state index in [1.54, 1.807) is 16.7 Å². The van der Waals surface area contributed by atoms with Crippen molar-refractivity contribution in [1.29, 1.82) is 0 Å². The Balaban J connectivity index is 1.45. The zero-order valence-electron chi connectivity index (χ0n) is 16.5. The lowest BCUT2D eigenvalue weighted by Crippen LogP contribution is -2.49. The summed E-state index contributed by atoms with van der Waals surface area (Å²) in [5.41, 5.74) is 4.69. The van der Waals surface area contributed by atoms with Gasteiger partial charge in [-0.1, -0.05) is 18.6 Å². The van der Waals surface area contributed by atoms with E-state index in [9.17, 15) is 4.79 Å². The number of carbonyl (C=O) groups excluding carboxylic acids is 1. The Morgan fingerprint density at radius 2 is 1.85 bits per heavy atom. The van der Waals surface area contributed by atoms with Crippen LogP contribution in [0.15, 0.2) is 22.8 Å². The average molecular weight is 357 g/mol. The summed E-state index contributed by atoms with van der Waals surface area (Å²) in [4.78, 5) is 12.5.